The van der Waals surface area contributed by atoms with E-state index in [9.17, 15) is 4.79 Å². The van der Waals surface area contributed by atoms with E-state index in [1.807, 2.05) is 4.68 Å². The van der Waals surface area contributed by atoms with Gasteiger partial charge in [0.15, 0.2) is 5.78 Å². The molecule has 0 saturated carbocycles. The maximum absolute atomic E-state index is 11.2. The predicted molar refractivity (Wildman–Crippen MR) is 71.0 cm³/mol. The van der Waals surface area contributed by atoms with E-state index >= 15 is 0 Å². The molecule has 0 bridgehead atoms. The van der Waals surface area contributed by atoms with Gasteiger partial charge in [-0.15, -0.1) is 0 Å². The molecule has 1 aliphatic carbocycles. The molecule has 0 N–H and O–H groups in total. The first-order valence-corrected chi connectivity index (χ1v) is 6.91. The van der Waals surface area contributed by atoms with Gasteiger partial charge in [-0.2, -0.15) is 5.10 Å². The first-order chi connectivity index (χ1) is 8.15. The Balaban J connectivity index is 2.28. The summed E-state index contributed by atoms with van der Waals surface area (Å²) >= 11 is 3.63. The van der Waals surface area contributed by atoms with Gasteiger partial charge in [-0.3, -0.25) is 9.48 Å². The van der Waals surface area contributed by atoms with Crippen LogP contribution in [0.4, 0.5) is 0 Å². The Morgan fingerprint density at radius 2 is 2.18 bits per heavy atom. The van der Waals surface area contributed by atoms with Crippen molar-refractivity contribution in [1.29, 1.82) is 0 Å². The number of ketones is 1. The number of allylic oxidation sites excluding steroid dienone is 2. The zero-order valence-corrected chi connectivity index (χ0v) is 11.9. The molecule has 3 nitrogen and oxygen atoms in total. The van der Waals surface area contributed by atoms with E-state index < -0.39 is 0 Å². The molecule has 0 unspecified atom stereocenters. The molecule has 0 aliphatic heterocycles. The third kappa shape index (κ3) is 2.51. The molecule has 4 heteroatoms. The van der Waals surface area contributed by atoms with E-state index in [2.05, 4.69) is 34.9 Å². The van der Waals surface area contributed by atoms with Crippen LogP contribution in [-0.4, -0.2) is 15.6 Å². The second kappa shape index (κ2) is 5.17. The van der Waals surface area contributed by atoms with Crippen LogP contribution in [0.1, 0.15) is 38.1 Å². The number of halogens is 1. The summed E-state index contributed by atoms with van der Waals surface area (Å²) in [5.74, 6) is 0.259. The Labute approximate surface area is 110 Å². The number of aryl methyl sites for hydroxylation is 2. The van der Waals surface area contributed by atoms with Crippen LogP contribution in [0.25, 0.3) is 0 Å². The van der Waals surface area contributed by atoms with Crippen molar-refractivity contribution >= 4 is 21.7 Å². The predicted octanol–water partition coefficient (Wildman–Crippen LogP) is 3.06. The lowest BCUT2D eigenvalue weighted by Crippen LogP contribution is -2.04. The second-order valence-corrected chi connectivity index (χ2v) is 5.12. The monoisotopic (exact) mass is 296 g/mol. The van der Waals surface area contributed by atoms with Crippen molar-refractivity contribution in [3.8, 4) is 0 Å². The minimum atomic E-state index is 0.259. The Morgan fingerprint density at radius 3 is 2.71 bits per heavy atom. The van der Waals surface area contributed by atoms with Gasteiger partial charge in [-0.25, -0.2) is 0 Å². The van der Waals surface area contributed by atoms with Gasteiger partial charge in [-0.05, 0) is 41.8 Å². The average Bonchev–Trinajstić information content (AvgIpc) is 2.85. The summed E-state index contributed by atoms with van der Waals surface area (Å²) in [7, 11) is 0. The molecule has 17 heavy (non-hydrogen) atoms. The number of rotatable bonds is 4. The number of aromatic nitrogens is 2. The molecule has 1 aromatic rings. The highest BCUT2D eigenvalue weighted by Gasteiger charge is 2.18. The zero-order chi connectivity index (χ0) is 12.4. The molecule has 2 rings (SSSR count). The molecular formula is C13H17BrN2O. The van der Waals surface area contributed by atoms with Crippen LogP contribution >= 0.6 is 15.9 Å². The van der Waals surface area contributed by atoms with Crippen molar-refractivity contribution in [2.75, 3.05) is 0 Å². The van der Waals surface area contributed by atoms with Crippen molar-refractivity contribution < 1.29 is 4.79 Å². The molecule has 1 heterocycles. The third-order valence-corrected chi connectivity index (χ3v) is 4.06. The Bertz CT molecular complexity index is 474. The largest absolute Gasteiger partial charge is 0.295 e. The summed E-state index contributed by atoms with van der Waals surface area (Å²) in [4.78, 5) is 11.2. The van der Waals surface area contributed by atoms with Gasteiger partial charge in [-0.1, -0.05) is 12.5 Å². The van der Waals surface area contributed by atoms with E-state index in [1.165, 1.54) is 11.3 Å². The molecule has 1 aromatic heterocycles. The molecule has 92 valence electrons. The fourth-order valence-corrected chi connectivity index (χ4v) is 2.90. The normalized spacial score (nSPS) is 15.5. The molecular weight excluding hydrogens is 280 g/mol. The van der Waals surface area contributed by atoms with Crippen LogP contribution in [0.5, 0.6) is 0 Å². The van der Waals surface area contributed by atoms with Crippen molar-refractivity contribution in [2.24, 2.45) is 0 Å². The maximum Gasteiger partial charge on any atom is 0.155 e. The number of nitrogens with zero attached hydrogens (tertiary/aromatic N) is 2. The van der Waals surface area contributed by atoms with Gasteiger partial charge in [0.25, 0.3) is 0 Å². The summed E-state index contributed by atoms with van der Waals surface area (Å²) in [5.41, 5.74) is 3.53. The maximum atomic E-state index is 11.2. The fourth-order valence-electron chi connectivity index (χ4n) is 2.20. The lowest BCUT2D eigenvalue weighted by Gasteiger charge is -2.05. The number of hydrogen-bond acceptors (Lipinski definition) is 2. The number of hydrogen-bond donors (Lipinski definition) is 0. The molecule has 0 fully saturated rings. The third-order valence-electron chi connectivity index (χ3n) is 3.15. The Hall–Kier alpha value is -0.900. The highest BCUT2D eigenvalue weighted by Crippen LogP contribution is 2.27. The summed E-state index contributed by atoms with van der Waals surface area (Å²) < 4.78 is 3.15. The molecule has 0 aromatic carbocycles. The number of carbonyl (C=O) groups excluding carboxylic acids is 1. The van der Waals surface area contributed by atoms with Gasteiger partial charge in [0, 0.05) is 19.4 Å². The lowest BCUT2D eigenvalue weighted by atomic mass is 10.1. The van der Waals surface area contributed by atoms with Crippen molar-refractivity contribution in [3.63, 3.8) is 0 Å². The summed E-state index contributed by atoms with van der Waals surface area (Å²) in [6.07, 6.45) is 5.15. The highest BCUT2D eigenvalue weighted by molar-refractivity contribution is 9.10. The van der Waals surface area contributed by atoms with Crippen LogP contribution < -0.4 is 0 Å². The summed E-state index contributed by atoms with van der Waals surface area (Å²) in [6.45, 7) is 5.07. The minimum Gasteiger partial charge on any atom is -0.295 e. The van der Waals surface area contributed by atoms with Crippen LogP contribution in [0.15, 0.2) is 16.1 Å². The molecule has 0 saturated heterocycles. The molecule has 0 atom stereocenters. The fraction of sp³-hybridized carbons (Fsp3) is 0.538. The summed E-state index contributed by atoms with van der Waals surface area (Å²) in [5, 5.41) is 4.57. The molecule has 0 spiro atoms. The van der Waals surface area contributed by atoms with Crippen LogP contribution in [0, 0.1) is 0 Å². The topological polar surface area (TPSA) is 34.9 Å². The lowest BCUT2D eigenvalue weighted by molar-refractivity contribution is -0.114. The van der Waals surface area contributed by atoms with Crippen molar-refractivity contribution in [1.82, 2.24) is 9.78 Å². The van der Waals surface area contributed by atoms with Crippen LogP contribution in [0.2, 0.25) is 0 Å². The van der Waals surface area contributed by atoms with Crippen molar-refractivity contribution in [2.45, 2.75) is 46.1 Å². The van der Waals surface area contributed by atoms with Gasteiger partial charge in [0.05, 0.1) is 15.9 Å². The zero-order valence-electron chi connectivity index (χ0n) is 10.3. The summed E-state index contributed by atoms with van der Waals surface area (Å²) in [6, 6.07) is 0. The van der Waals surface area contributed by atoms with E-state index in [4.69, 9.17) is 0 Å². The smallest absolute Gasteiger partial charge is 0.155 e. The first-order valence-electron chi connectivity index (χ1n) is 6.12. The number of carbonyl (C=O) groups is 1. The van der Waals surface area contributed by atoms with E-state index in [0.717, 1.165) is 36.0 Å². The SMILES string of the molecule is CCc1nn(CC)c(CC2=CC(=O)CC2)c1Br. The molecule has 0 amide bonds. The quantitative estimate of drug-likeness (QED) is 0.856. The van der Waals surface area contributed by atoms with Crippen LogP contribution in [-0.2, 0) is 24.2 Å². The van der Waals surface area contributed by atoms with E-state index in [0.29, 0.717) is 6.42 Å². The van der Waals surface area contributed by atoms with Crippen molar-refractivity contribution in [3.05, 3.63) is 27.5 Å². The van der Waals surface area contributed by atoms with Gasteiger partial charge >= 0.3 is 0 Å². The Morgan fingerprint density at radius 1 is 1.41 bits per heavy atom. The average molecular weight is 297 g/mol. The highest BCUT2D eigenvalue weighted by atomic mass is 79.9. The van der Waals surface area contributed by atoms with Gasteiger partial charge in [0.1, 0.15) is 0 Å². The Kier molecular flexibility index (Phi) is 3.82. The standard InChI is InChI=1S/C13H17BrN2O/c1-3-11-13(14)12(16(4-2)15-11)8-9-5-6-10(17)7-9/h7H,3-6,8H2,1-2H3. The minimum absolute atomic E-state index is 0.259. The van der Waals surface area contributed by atoms with E-state index in [1.54, 1.807) is 6.08 Å². The van der Waals surface area contributed by atoms with Gasteiger partial charge in [0.2, 0.25) is 0 Å². The van der Waals surface area contributed by atoms with E-state index in [-0.39, 0.29) is 5.78 Å². The molecule has 1 aliphatic rings. The molecule has 0 radical (unpaired) electrons. The van der Waals surface area contributed by atoms with Crippen LogP contribution in [0.3, 0.4) is 0 Å². The first kappa shape index (κ1) is 12.6. The van der Waals surface area contributed by atoms with Gasteiger partial charge < -0.3 is 0 Å². The second-order valence-electron chi connectivity index (χ2n) is 4.32.